The lowest BCUT2D eigenvalue weighted by Gasteiger charge is -2.23. The number of hydrogen-bond acceptors (Lipinski definition) is 8. The van der Waals surface area contributed by atoms with Crippen LogP contribution in [-0.2, 0) is 16.1 Å². The molecule has 1 atom stereocenters. The highest BCUT2D eigenvalue weighted by Gasteiger charge is 2.31. The van der Waals surface area contributed by atoms with Gasteiger partial charge in [-0.05, 0) is 73.0 Å². The van der Waals surface area contributed by atoms with Crippen LogP contribution in [0.3, 0.4) is 0 Å². The molecular formula is C32H27Cl3N2O6S. The molecule has 12 heteroatoms. The second-order valence-electron chi connectivity index (χ2n) is 9.48. The van der Waals surface area contributed by atoms with Crippen molar-refractivity contribution >= 4 is 58.2 Å². The fraction of sp³-hybridized carbons (Fsp3) is 0.219. The lowest BCUT2D eigenvalue weighted by atomic mass is 9.97. The molecule has 0 spiro atoms. The van der Waals surface area contributed by atoms with Crippen LogP contribution in [0.25, 0.3) is 6.08 Å². The van der Waals surface area contributed by atoms with E-state index in [0.717, 1.165) is 5.56 Å². The van der Waals surface area contributed by atoms with Crippen LogP contribution in [0.2, 0.25) is 15.1 Å². The van der Waals surface area contributed by atoms with Crippen molar-refractivity contribution < 1.29 is 23.7 Å². The Morgan fingerprint density at radius 1 is 0.955 bits per heavy atom. The summed E-state index contributed by atoms with van der Waals surface area (Å²) in [6.07, 6.45) is 3.11. The predicted molar refractivity (Wildman–Crippen MR) is 172 cm³/mol. The zero-order chi connectivity index (χ0) is 31.4. The highest BCUT2D eigenvalue weighted by molar-refractivity contribution is 7.07. The summed E-state index contributed by atoms with van der Waals surface area (Å²) >= 11 is 20.2. The first-order valence-electron chi connectivity index (χ1n) is 13.6. The number of thiazole rings is 1. The zero-order valence-electron chi connectivity index (χ0n) is 23.9. The maximum atomic E-state index is 13.9. The van der Waals surface area contributed by atoms with Crippen LogP contribution in [0, 0.1) is 0 Å². The molecule has 228 valence electrons. The van der Waals surface area contributed by atoms with Crippen molar-refractivity contribution in [1.82, 2.24) is 4.57 Å². The molecule has 44 heavy (non-hydrogen) atoms. The highest BCUT2D eigenvalue weighted by atomic mass is 35.5. The number of methoxy groups -OCH3 is 1. The van der Waals surface area contributed by atoms with Gasteiger partial charge in [0.1, 0.15) is 6.61 Å². The monoisotopic (exact) mass is 672 g/mol. The molecule has 0 N–H and O–H groups in total. The molecule has 0 saturated heterocycles. The Morgan fingerprint density at radius 2 is 1.64 bits per heavy atom. The van der Waals surface area contributed by atoms with Crippen molar-refractivity contribution in [3.05, 3.63) is 118 Å². The van der Waals surface area contributed by atoms with Gasteiger partial charge in [0.15, 0.2) is 22.0 Å². The third-order valence-corrected chi connectivity index (χ3v) is 8.43. The third kappa shape index (κ3) is 6.66. The number of benzene rings is 3. The minimum absolute atomic E-state index is 0.200. The van der Waals surface area contributed by atoms with E-state index in [9.17, 15) is 9.59 Å². The van der Waals surface area contributed by atoms with Crippen molar-refractivity contribution in [2.24, 2.45) is 4.99 Å². The second-order valence-corrected chi connectivity index (χ2v) is 11.7. The molecule has 0 fully saturated rings. The SMILES string of the molecule is CCOc1ccc([C@@H]2C(C(=O)OC)=CN=c3s/c(=C\c4cc(Cl)c(OCc5ccc(Cl)cc5)c(Cl)c4)c(=O)n32)cc1OCC. The number of rotatable bonds is 10. The van der Waals surface area contributed by atoms with E-state index in [2.05, 4.69) is 4.99 Å². The Morgan fingerprint density at radius 3 is 2.30 bits per heavy atom. The number of aromatic nitrogens is 1. The summed E-state index contributed by atoms with van der Waals surface area (Å²) in [5.74, 6) is 0.777. The number of esters is 1. The summed E-state index contributed by atoms with van der Waals surface area (Å²) in [6, 6.07) is 15.1. The van der Waals surface area contributed by atoms with Gasteiger partial charge in [-0.1, -0.05) is 64.3 Å². The van der Waals surface area contributed by atoms with E-state index < -0.39 is 12.0 Å². The maximum Gasteiger partial charge on any atom is 0.337 e. The van der Waals surface area contributed by atoms with Gasteiger partial charge in [0.05, 0.1) is 46.5 Å². The van der Waals surface area contributed by atoms with E-state index in [1.807, 2.05) is 26.0 Å². The lowest BCUT2D eigenvalue weighted by molar-refractivity contribution is -0.136. The summed E-state index contributed by atoms with van der Waals surface area (Å²) in [7, 11) is 1.28. The summed E-state index contributed by atoms with van der Waals surface area (Å²) in [6.45, 7) is 4.84. The molecule has 0 amide bonds. The number of halogens is 3. The van der Waals surface area contributed by atoms with Gasteiger partial charge in [-0.3, -0.25) is 9.36 Å². The summed E-state index contributed by atoms with van der Waals surface area (Å²) in [5, 5.41) is 1.20. The first-order chi connectivity index (χ1) is 21.2. The smallest absolute Gasteiger partial charge is 0.337 e. The molecule has 1 aliphatic heterocycles. The van der Waals surface area contributed by atoms with Crippen LogP contribution < -0.4 is 29.1 Å². The van der Waals surface area contributed by atoms with Crippen LogP contribution in [0.5, 0.6) is 17.2 Å². The van der Waals surface area contributed by atoms with Crippen molar-refractivity contribution in [3.63, 3.8) is 0 Å². The molecule has 0 unspecified atom stereocenters. The van der Waals surface area contributed by atoms with E-state index in [1.54, 1.807) is 48.5 Å². The average molecular weight is 674 g/mol. The molecule has 0 radical (unpaired) electrons. The van der Waals surface area contributed by atoms with Gasteiger partial charge in [-0.2, -0.15) is 0 Å². The molecule has 5 rings (SSSR count). The van der Waals surface area contributed by atoms with Gasteiger partial charge in [0.25, 0.3) is 5.56 Å². The maximum absolute atomic E-state index is 13.9. The molecule has 1 aliphatic rings. The molecule has 0 aliphatic carbocycles. The van der Waals surface area contributed by atoms with E-state index in [0.29, 0.717) is 55.9 Å². The molecule has 8 nitrogen and oxygen atoms in total. The van der Waals surface area contributed by atoms with Crippen molar-refractivity contribution in [3.8, 4) is 17.2 Å². The van der Waals surface area contributed by atoms with Gasteiger partial charge in [0.2, 0.25) is 0 Å². The van der Waals surface area contributed by atoms with Gasteiger partial charge < -0.3 is 18.9 Å². The van der Waals surface area contributed by atoms with Crippen LogP contribution in [-0.4, -0.2) is 30.9 Å². The van der Waals surface area contributed by atoms with Crippen molar-refractivity contribution in [2.75, 3.05) is 20.3 Å². The zero-order valence-corrected chi connectivity index (χ0v) is 27.0. The Hall–Kier alpha value is -3.76. The highest BCUT2D eigenvalue weighted by Crippen LogP contribution is 2.36. The summed E-state index contributed by atoms with van der Waals surface area (Å²) < 4.78 is 24.3. The van der Waals surface area contributed by atoms with Crippen molar-refractivity contribution in [2.45, 2.75) is 26.5 Å². The van der Waals surface area contributed by atoms with Crippen molar-refractivity contribution in [1.29, 1.82) is 0 Å². The van der Waals surface area contributed by atoms with Crippen LogP contribution in [0.15, 0.2) is 76.2 Å². The van der Waals surface area contributed by atoms with E-state index in [4.69, 9.17) is 53.8 Å². The minimum atomic E-state index is -0.813. The second kappa shape index (κ2) is 13.9. The quantitative estimate of drug-likeness (QED) is 0.182. The van der Waals surface area contributed by atoms with Crippen LogP contribution in [0.1, 0.15) is 36.6 Å². The summed E-state index contributed by atoms with van der Waals surface area (Å²) in [5.41, 5.74) is 1.97. The molecule has 1 aromatic heterocycles. The number of nitrogens with zero attached hydrogens (tertiary/aromatic N) is 2. The fourth-order valence-electron chi connectivity index (χ4n) is 4.68. The molecule has 0 saturated carbocycles. The minimum Gasteiger partial charge on any atom is -0.490 e. The Labute approximate surface area is 272 Å². The Bertz CT molecular complexity index is 1890. The van der Waals surface area contributed by atoms with Gasteiger partial charge in [-0.15, -0.1) is 0 Å². The van der Waals surface area contributed by atoms with E-state index in [-0.39, 0.29) is 27.8 Å². The lowest BCUT2D eigenvalue weighted by Crippen LogP contribution is -2.39. The number of carbonyl (C=O) groups excluding carboxylic acids is 1. The Kier molecular flexibility index (Phi) is 10.0. The number of hydrogen-bond donors (Lipinski definition) is 0. The van der Waals surface area contributed by atoms with E-state index in [1.165, 1.54) is 29.2 Å². The average Bonchev–Trinajstić information content (AvgIpc) is 3.32. The van der Waals surface area contributed by atoms with Gasteiger partial charge in [0, 0.05) is 11.2 Å². The topological polar surface area (TPSA) is 88.4 Å². The molecule has 2 heterocycles. The number of fused-ring (bicyclic) bond motifs is 1. The van der Waals surface area contributed by atoms with Crippen LogP contribution >= 0.6 is 46.1 Å². The summed E-state index contributed by atoms with van der Waals surface area (Å²) in [4.78, 5) is 31.6. The largest absolute Gasteiger partial charge is 0.490 e. The van der Waals surface area contributed by atoms with Gasteiger partial charge in [-0.25, -0.2) is 9.79 Å². The van der Waals surface area contributed by atoms with Gasteiger partial charge >= 0.3 is 5.97 Å². The van der Waals surface area contributed by atoms with E-state index >= 15 is 0 Å². The van der Waals surface area contributed by atoms with Crippen LogP contribution in [0.4, 0.5) is 0 Å². The number of carbonyl (C=O) groups is 1. The molecule has 3 aromatic carbocycles. The molecular weight excluding hydrogens is 647 g/mol. The molecule has 4 aromatic rings. The standard InChI is InChI=1S/C32H27Cl3N2O6S/c1-4-41-25-11-8-20(15-26(25)42-5-2)28-22(31(39)40-3)16-36-32-37(28)30(38)27(44-32)14-19-12-23(34)29(24(35)13-19)43-17-18-6-9-21(33)10-7-18/h6-16,28H,4-5,17H2,1-3H3/b27-14-/t28-/m1/s1. The fourth-order valence-corrected chi connectivity index (χ4v) is 6.38. The Balaban J connectivity index is 1.54. The third-order valence-electron chi connectivity index (χ3n) is 6.62. The molecule has 0 bridgehead atoms. The normalized spacial score (nSPS) is 14.4. The predicted octanol–water partition coefficient (Wildman–Crippen LogP) is 6.35. The number of ether oxygens (including phenoxy) is 4. The first kappa shape index (κ1) is 31.7. The first-order valence-corrected chi connectivity index (χ1v) is 15.5.